The van der Waals surface area contributed by atoms with Gasteiger partial charge in [-0.05, 0) is 41.6 Å². The van der Waals surface area contributed by atoms with Crippen LogP contribution in [-0.4, -0.2) is 5.91 Å². The monoisotopic (exact) mass is 438 g/mol. The Bertz CT molecular complexity index is 1020. The Labute approximate surface area is 173 Å². The average Bonchev–Trinajstić information content (AvgIpc) is 2.68. The van der Waals surface area contributed by atoms with Gasteiger partial charge in [-0.15, -0.1) is 0 Å². The molecule has 4 nitrogen and oxygen atoms in total. The summed E-state index contributed by atoms with van der Waals surface area (Å²) in [4.78, 5) is 12.9. The van der Waals surface area contributed by atoms with Gasteiger partial charge < -0.3 is 10.5 Å². The number of thioether (sulfide) groups is 1. The third-order valence-corrected chi connectivity index (χ3v) is 5.43. The Morgan fingerprint density at radius 3 is 2.41 bits per heavy atom. The molecule has 150 valence electrons. The second kappa shape index (κ2) is 8.75. The van der Waals surface area contributed by atoms with Crippen LogP contribution in [0.2, 0.25) is 5.02 Å². The number of hydrogen-bond donors (Lipinski definition) is 1. The molecule has 0 spiro atoms. The van der Waals surface area contributed by atoms with Crippen LogP contribution in [0.5, 0.6) is 0 Å². The van der Waals surface area contributed by atoms with Crippen LogP contribution in [0, 0.1) is 5.21 Å². The van der Waals surface area contributed by atoms with E-state index in [0.29, 0.717) is 10.3 Å². The summed E-state index contributed by atoms with van der Waals surface area (Å²) in [7, 11) is 0. The largest absolute Gasteiger partial charge is 0.618 e. The van der Waals surface area contributed by atoms with Crippen LogP contribution in [0.15, 0.2) is 78.0 Å². The van der Waals surface area contributed by atoms with E-state index in [-0.39, 0.29) is 10.0 Å². The predicted molar refractivity (Wildman–Crippen MR) is 106 cm³/mol. The van der Waals surface area contributed by atoms with E-state index in [4.69, 9.17) is 11.6 Å². The number of halogens is 4. The van der Waals surface area contributed by atoms with E-state index in [1.54, 1.807) is 36.4 Å². The van der Waals surface area contributed by atoms with Gasteiger partial charge in [0, 0.05) is 17.2 Å². The first-order valence-electron chi connectivity index (χ1n) is 8.33. The van der Waals surface area contributed by atoms with Crippen LogP contribution in [0.1, 0.15) is 16.4 Å². The van der Waals surface area contributed by atoms with Crippen LogP contribution in [0.4, 0.5) is 18.9 Å². The molecule has 29 heavy (non-hydrogen) atoms. The number of nitrogens with one attached hydrogen (secondary N) is 1. The molecule has 0 fully saturated rings. The van der Waals surface area contributed by atoms with Crippen molar-refractivity contribution in [2.75, 3.05) is 5.32 Å². The van der Waals surface area contributed by atoms with Crippen molar-refractivity contribution < 1.29 is 22.7 Å². The Balaban J connectivity index is 1.95. The van der Waals surface area contributed by atoms with Crippen molar-refractivity contribution in [2.45, 2.75) is 16.5 Å². The van der Waals surface area contributed by atoms with E-state index in [0.717, 1.165) is 23.9 Å². The maximum Gasteiger partial charge on any atom is 0.418 e. The third kappa shape index (κ3) is 5.21. The summed E-state index contributed by atoms with van der Waals surface area (Å²) in [6.45, 7) is 0. The van der Waals surface area contributed by atoms with E-state index in [1.807, 2.05) is 0 Å². The van der Waals surface area contributed by atoms with Gasteiger partial charge in [-0.2, -0.15) is 17.9 Å². The molecular weight excluding hydrogens is 425 g/mol. The van der Waals surface area contributed by atoms with Crippen LogP contribution >= 0.6 is 23.4 Å². The maximum atomic E-state index is 13.3. The van der Waals surface area contributed by atoms with Crippen LogP contribution in [0.3, 0.4) is 0 Å². The lowest BCUT2D eigenvalue weighted by Gasteiger charge is -2.19. The molecule has 3 aromatic rings. The Hall–Kier alpha value is -2.71. The minimum atomic E-state index is -4.69. The number of nitrogens with zero attached hydrogens (tertiary/aromatic N) is 1. The first kappa shape index (κ1) is 21.0. The highest BCUT2D eigenvalue weighted by Gasteiger charge is 2.35. The van der Waals surface area contributed by atoms with Crippen molar-refractivity contribution in [1.29, 1.82) is 0 Å². The second-order valence-electron chi connectivity index (χ2n) is 5.95. The summed E-state index contributed by atoms with van der Waals surface area (Å²) < 4.78 is 40.6. The fourth-order valence-corrected chi connectivity index (χ4v) is 3.78. The van der Waals surface area contributed by atoms with E-state index in [2.05, 4.69) is 5.32 Å². The van der Waals surface area contributed by atoms with Gasteiger partial charge in [0.25, 0.3) is 5.03 Å². The molecule has 1 amide bonds. The van der Waals surface area contributed by atoms with Crippen molar-refractivity contribution in [2.24, 2.45) is 0 Å². The summed E-state index contributed by atoms with van der Waals surface area (Å²) in [6.07, 6.45) is -3.41. The molecule has 2 aromatic carbocycles. The van der Waals surface area contributed by atoms with Crippen LogP contribution in [-0.2, 0) is 11.0 Å². The number of carbonyl (C=O) groups excluding carboxylic acids is 1. The standard InChI is InChI=1S/C20H14ClF3N2O2S/c21-14-9-10-16(15(12-14)20(22,23)24)25-19(27)18(13-6-2-1-3-7-13)29-17-8-4-5-11-26(17)28/h1-12,18H,(H,25,27)/t18-/m0/s1. The molecule has 0 bridgehead atoms. The Morgan fingerprint density at radius 1 is 1.07 bits per heavy atom. The Kier molecular flexibility index (Phi) is 6.34. The predicted octanol–water partition coefficient (Wildman–Crippen LogP) is 5.46. The molecule has 1 heterocycles. The summed E-state index contributed by atoms with van der Waals surface area (Å²) in [5, 5.41) is 13.5. The number of benzene rings is 2. The molecule has 1 aromatic heterocycles. The van der Waals surface area contributed by atoms with Crippen LogP contribution < -0.4 is 10.0 Å². The molecule has 0 saturated carbocycles. The fourth-order valence-electron chi connectivity index (χ4n) is 2.58. The zero-order valence-electron chi connectivity index (χ0n) is 14.7. The first-order chi connectivity index (χ1) is 13.8. The van der Waals surface area contributed by atoms with Gasteiger partial charge in [-0.25, -0.2) is 0 Å². The molecular formula is C20H14ClF3N2O2S. The number of carbonyl (C=O) groups is 1. The second-order valence-corrected chi connectivity index (χ2v) is 7.51. The molecule has 9 heteroatoms. The van der Waals surface area contributed by atoms with Crippen molar-refractivity contribution in [3.63, 3.8) is 0 Å². The highest BCUT2D eigenvalue weighted by atomic mass is 35.5. The van der Waals surface area contributed by atoms with E-state index in [9.17, 15) is 23.2 Å². The highest BCUT2D eigenvalue weighted by molar-refractivity contribution is 8.00. The van der Waals surface area contributed by atoms with Gasteiger partial charge in [-0.1, -0.05) is 41.9 Å². The van der Waals surface area contributed by atoms with Crippen molar-refractivity contribution in [1.82, 2.24) is 0 Å². The van der Waals surface area contributed by atoms with Crippen molar-refractivity contribution in [3.8, 4) is 0 Å². The topological polar surface area (TPSA) is 56.0 Å². The lowest BCUT2D eigenvalue weighted by Crippen LogP contribution is -2.29. The van der Waals surface area contributed by atoms with Crippen LogP contribution in [0.25, 0.3) is 0 Å². The lowest BCUT2D eigenvalue weighted by atomic mass is 10.1. The zero-order chi connectivity index (χ0) is 21.0. The molecule has 0 aliphatic carbocycles. The maximum absolute atomic E-state index is 13.3. The molecule has 3 rings (SSSR count). The van der Waals surface area contributed by atoms with E-state index < -0.39 is 28.6 Å². The lowest BCUT2D eigenvalue weighted by molar-refractivity contribution is -0.645. The Morgan fingerprint density at radius 2 is 1.76 bits per heavy atom. The smallest absolute Gasteiger partial charge is 0.418 e. The number of alkyl halides is 3. The SMILES string of the molecule is O=C(Nc1ccc(Cl)cc1C(F)(F)F)[C@@H](Sc1cccc[n+]1[O-])c1ccccc1. The molecule has 0 unspecified atom stereocenters. The molecule has 0 aliphatic rings. The number of anilines is 1. The summed E-state index contributed by atoms with van der Waals surface area (Å²) in [5.74, 6) is -0.696. The number of rotatable bonds is 5. The number of pyridine rings is 1. The minimum absolute atomic E-state index is 0.0963. The van der Waals surface area contributed by atoms with Gasteiger partial charge in [0.1, 0.15) is 5.25 Å². The zero-order valence-corrected chi connectivity index (χ0v) is 16.3. The number of aromatic nitrogens is 1. The third-order valence-electron chi connectivity index (χ3n) is 3.91. The van der Waals surface area contributed by atoms with Gasteiger partial charge in [0.05, 0.1) is 11.3 Å². The van der Waals surface area contributed by atoms with Crippen molar-refractivity contribution in [3.05, 3.63) is 94.3 Å². The number of hydrogen-bond acceptors (Lipinski definition) is 3. The molecule has 0 saturated heterocycles. The molecule has 0 radical (unpaired) electrons. The molecule has 1 N–H and O–H groups in total. The van der Waals surface area contributed by atoms with Gasteiger partial charge >= 0.3 is 6.18 Å². The number of amides is 1. The van der Waals surface area contributed by atoms with Crippen molar-refractivity contribution >= 4 is 35.0 Å². The van der Waals surface area contributed by atoms with Gasteiger partial charge in [-0.3, -0.25) is 4.79 Å². The summed E-state index contributed by atoms with van der Waals surface area (Å²) in [6, 6.07) is 16.3. The quantitative estimate of drug-likeness (QED) is 0.327. The summed E-state index contributed by atoms with van der Waals surface area (Å²) in [5.41, 5.74) is -0.911. The normalized spacial score (nSPS) is 12.4. The molecule has 1 atom stereocenters. The first-order valence-corrected chi connectivity index (χ1v) is 9.59. The average molecular weight is 439 g/mol. The molecule has 0 aliphatic heterocycles. The highest BCUT2D eigenvalue weighted by Crippen LogP contribution is 2.39. The fraction of sp³-hybridized carbons (Fsp3) is 0.100. The summed E-state index contributed by atoms with van der Waals surface area (Å²) >= 11 is 6.63. The minimum Gasteiger partial charge on any atom is -0.618 e. The van der Waals surface area contributed by atoms with Gasteiger partial charge in [0.15, 0.2) is 6.20 Å². The van der Waals surface area contributed by atoms with E-state index in [1.165, 1.54) is 24.4 Å². The van der Waals surface area contributed by atoms with Gasteiger partial charge in [0.2, 0.25) is 5.91 Å². The van der Waals surface area contributed by atoms with E-state index >= 15 is 0 Å².